The highest BCUT2D eigenvalue weighted by Crippen LogP contribution is 2.42. The quantitative estimate of drug-likeness (QED) is 0.242. The summed E-state index contributed by atoms with van der Waals surface area (Å²) in [6.45, 7) is 8.00. The lowest BCUT2D eigenvalue weighted by Gasteiger charge is -2.17. The van der Waals surface area contributed by atoms with Gasteiger partial charge in [0.1, 0.15) is 0 Å². The molecule has 2 nitrogen and oxygen atoms in total. The van der Waals surface area contributed by atoms with Crippen LogP contribution in [0.1, 0.15) is 58.2 Å². The van der Waals surface area contributed by atoms with E-state index in [9.17, 15) is 0 Å². The van der Waals surface area contributed by atoms with E-state index in [0.29, 0.717) is 0 Å². The van der Waals surface area contributed by atoms with Crippen molar-refractivity contribution in [3.63, 3.8) is 0 Å². The summed E-state index contributed by atoms with van der Waals surface area (Å²) in [6.07, 6.45) is 15.8. The third-order valence-electron chi connectivity index (χ3n) is 7.03. The number of hydrogen-bond donors (Lipinski definition) is 0. The molecule has 0 aliphatic heterocycles. The predicted octanol–water partition coefficient (Wildman–Crippen LogP) is 9.94. The van der Waals surface area contributed by atoms with Gasteiger partial charge in [0.05, 0.1) is 16.6 Å². The Bertz CT molecular complexity index is 1600. The summed E-state index contributed by atoms with van der Waals surface area (Å²) in [5.74, 6) is 0. The highest BCUT2D eigenvalue weighted by Gasteiger charge is 2.24. The second kappa shape index (κ2) is 10.5. The third kappa shape index (κ3) is 3.73. The van der Waals surface area contributed by atoms with Crippen LogP contribution in [0.15, 0.2) is 91.0 Å². The molecule has 0 N–H and O–H groups in total. The van der Waals surface area contributed by atoms with Crippen LogP contribution in [0.2, 0.25) is 0 Å². The fraction of sp³-hybridized carbons (Fsp3) is 0.235. The molecule has 7 rings (SSSR count). The Balaban J connectivity index is 0.000000637. The lowest BCUT2D eigenvalue weighted by molar-refractivity contribution is 0.888. The minimum atomic E-state index is 1.06. The Morgan fingerprint density at radius 1 is 0.611 bits per heavy atom. The van der Waals surface area contributed by atoms with Gasteiger partial charge in [-0.3, -0.25) is 0 Å². The maximum absolute atomic E-state index is 2.53. The molecule has 36 heavy (non-hydrogen) atoms. The first-order valence-corrected chi connectivity index (χ1v) is 13.6. The van der Waals surface area contributed by atoms with E-state index in [1.54, 1.807) is 0 Å². The number of para-hydroxylation sites is 2. The summed E-state index contributed by atoms with van der Waals surface area (Å²) in [4.78, 5) is 0. The van der Waals surface area contributed by atoms with Crippen LogP contribution in [0.3, 0.4) is 0 Å². The van der Waals surface area contributed by atoms with Crippen molar-refractivity contribution < 1.29 is 0 Å². The number of benzene rings is 3. The van der Waals surface area contributed by atoms with Gasteiger partial charge in [0.2, 0.25) is 0 Å². The van der Waals surface area contributed by atoms with Gasteiger partial charge >= 0.3 is 0 Å². The number of fused-ring (bicyclic) bond motifs is 7. The Hall–Kier alpha value is -3.78. The van der Waals surface area contributed by atoms with E-state index in [1.165, 1.54) is 55.4 Å². The molecule has 2 heteroatoms. The van der Waals surface area contributed by atoms with Crippen molar-refractivity contribution in [2.24, 2.45) is 0 Å². The molecule has 0 unspecified atom stereocenters. The molecule has 2 aliphatic carbocycles. The van der Waals surface area contributed by atoms with E-state index >= 15 is 0 Å². The number of allylic oxidation sites excluding steroid dienone is 5. The van der Waals surface area contributed by atoms with Gasteiger partial charge in [-0.1, -0.05) is 101 Å². The molecule has 182 valence electrons. The van der Waals surface area contributed by atoms with Gasteiger partial charge in [0, 0.05) is 38.8 Å². The standard InChI is InChI=1S/C30H24N2.2C2H6/c1-3-11-21(12-4-1)31-27-17-9-7-15-23(27)25-19-20-26-24-16-8-10-18-28(24)32(30(26)29(25)31)22-13-5-2-6-14-22;2*1-2/h1-5,7-8,10-13,15-16,18-20H,6,9,14,17H2;2*1-2H3. The van der Waals surface area contributed by atoms with E-state index < -0.39 is 0 Å². The van der Waals surface area contributed by atoms with Gasteiger partial charge < -0.3 is 9.13 Å². The zero-order valence-electron chi connectivity index (χ0n) is 22.0. The Morgan fingerprint density at radius 3 is 2.08 bits per heavy atom. The maximum atomic E-state index is 2.53. The van der Waals surface area contributed by atoms with E-state index in [2.05, 4.69) is 106 Å². The minimum Gasteiger partial charge on any atom is -0.311 e. The smallest absolute Gasteiger partial charge is 0.0786 e. The van der Waals surface area contributed by atoms with Gasteiger partial charge in [-0.05, 0) is 50.0 Å². The van der Waals surface area contributed by atoms with Crippen LogP contribution in [-0.2, 0) is 6.42 Å². The largest absolute Gasteiger partial charge is 0.311 e. The van der Waals surface area contributed by atoms with Crippen molar-refractivity contribution >= 4 is 44.5 Å². The highest BCUT2D eigenvalue weighted by atomic mass is 15.1. The first kappa shape index (κ1) is 23.9. The van der Waals surface area contributed by atoms with Crippen molar-refractivity contribution in [3.8, 4) is 5.69 Å². The maximum Gasteiger partial charge on any atom is 0.0786 e. The average molecular weight is 473 g/mol. The molecular weight excluding hydrogens is 436 g/mol. The molecule has 0 saturated carbocycles. The highest BCUT2D eigenvalue weighted by molar-refractivity contribution is 6.20. The number of nitrogens with zero attached hydrogens (tertiary/aromatic N) is 2. The van der Waals surface area contributed by atoms with Crippen LogP contribution >= 0.6 is 0 Å². The van der Waals surface area contributed by atoms with Crippen molar-refractivity contribution in [3.05, 3.63) is 102 Å². The molecule has 5 aromatic rings. The Morgan fingerprint density at radius 2 is 1.31 bits per heavy atom. The van der Waals surface area contributed by atoms with Crippen molar-refractivity contribution in [1.29, 1.82) is 0 Å². The first-order valence-electron chi connectivity index (χ1n) is 13.6. The van der Waals surface area contributed by atoms with Crippen LogP contribution in [0.25, 0.3) is 50.2 Å². The molecule has 2 aliphatic rings. The van der Waals surface area contributed by atoms with Crippen molar-refractivity contribution in [2.45, 2.75) is 53.4 Å². The van der Waals surface area contributed by atoms with Crippen LogP contribution in [-0.4, -0.2) is 9.13 Å². The molecule has 0 spiro atoms. The second-order valence-electron chi connectivity index (χ2n) is 8.81. The van der Waals surface area contributed by atoms with Crippen molar-refractivity contribution in [1.82, 2.24) is 9.13 Å². The Kier molecular flexibility index (Phi) is 6.95. The summed E-state index contributed by atoms with van der Waals surface area (Å²) >= 11 is 0. The zero-order valence-corrected chi connectivity index (χ0v) is 22.0. The van der Waals surface area contributed by atoms with E-state index in [0.717, 1.165) is 25.7 Å². The number of hydrogen-bond acceptors (Lipinski definition) is 0. The summed E-state index contributed by atoms with van der Waals surface area (Å²) in [5.41, 5.74) is 9.39. The lowest BCUT2D eigenvalue weighted by atomic mass is 10.0. The molecule has 0 bridgehead atoms. The van der Waals surface area contributed by atoms with Crippen LogP contribution < -0.4 is 0 Å². The Labute approximate surface area is 214 Å². The summed E-state index contributed by atoms with van der Waals surface area (Å²) < 4.78 is 5.07. The molecule has 2 heterocycles. The fourth-order valence-electron chi connectivity index (χ4n) is 5.68. The van der Waals surface area contributed by atoms with Crippen LogP contribution in [0.4, 0.5) is 0 Å². The monoisotopic (exact) mass is 472 g/mol. The average Bonchev–Trinajstić information content (AvgIpc) is 3.49. The SMILES string of the molecule is C1=CCCC(n2c3ccccc3c3ccc4c5c(n(-c6ccccc6)c4c32)CCC=C5)=C1.CC.CC. The van der Waals surface area contributed by atoms with Crippen LogP contribution in [0, 0.1) is 0 Å². The molecule has 0 amide bonds. The molecule has 0 radical (unpaired) electrons. The summed E-state index contributed by atoms with van der Waals surface area (Å²) in [7, 11) is 0. The van der Waals surface area contributed by atoms with Crippen molar-refractivity contribution in [2.75, 3.05) is 0 Å². The molecule has 3 aromatic carbocycles. The molecule has 0 saturated heterocycles. The second-order valence-corrected chi connectivity index (χ2v) is 8.81. The van der Waals surface area contributed by atoms with E-state index in [-0.39, 0.29) is 0 Å². The van der Waals surface area contributed by atoms with Gasteiger partial charge in [0.25, 0.3) is 0 Å². The zero-order chi connectivity index (χ0) is 25.1. The minimum absolute atomic E-state index is 1.06. The molecule has 0 atom stereocenters. The summed E-state index contributed by atoms with van der Waals surface area (Å²) in [6, 6.07) is 24.4. The van der Waals surface area contributed by atoms with E-state index in [4.69, 9.17) is 0 Å². The number of rotatable bonds is 2. The van der Waals surface area contributed by atoms with Gasteiger partial charge in [-0.15, -0.1) is 0 Å². The van der Waals surface area contributed by atoms with E-state index in [1.807, 2.05) is 27.7 Å². The fourth-order valence-corrected chi connectivity index (χ4v) is 5.68. The topological polar surface area (TPSA) is 9.86 Å². The lowest BCUT2D eigenvalue weighted by Crippen LogP contribution is -2.04. The molecule has 0 fully saturated rings. The predicted molar refractivity (Wildman–Crippen MR) is 159 cm³/mol. The van der Waals surface area contributed by atoms with Gasteiger partial charge in [-0.2, -0.15) is 0 Å². The molecular formula is C34H36N2. The van der Waals surface area contributed by atoms with Gasteiger partial charge in [0.15, 0.2) is 0 Å². The van der Waals surface area contributed by atoms with Crippen LogP contribution in [0.5, 0.6) is 0 Å². The van der Waals surface area contributed by atoms with Gasteiger partial charge in [-0.25, -0.2) is 0 Å². The summed E-state index contributed by atoms with van der Waals surface area (Å²) in [5, 5.41) is 4.01. The number of aromatic nitrogens is 2. The first-order chi connectivity index (χ1) is 17.9. The molecule has 2 aromatic heterocycles. The third-order valence-corrected chi connectivity index (χ3v) is 7.03. The normalized spacial score (nSPS) is 14.2.